The number of carboxylic acid groups (broad SMARTS) is 1. The van der Waals surface area contributed by atoms with E-state index in [9.17, 15) is 4.79 Å². The molecule has 3 N–H and O–H groups in total. The Balaban J connectivity index is 3.43. The zero-order valence-corrected chi connectivity index (χ0v) is 6.92. The Kier molecular flexibility index (Phi) is 5.78. The molecule has 0 radical (unpaired) electrons. The Morgan fingerprint density at radius 2 is 2.18 bits per heavy atom. The molecule has 0 aromatic carbocycles. The number of hydrogen-bond acceptors (Lipinski definition) is 3. The van der Waals surface area contributed by atoms with Gasteiger partial charge in [-0.05, 0) is 13.0 Å². The van der Waals surface area contributed by atoms with Crippen LogP contribution in [0.1, 0.15) is 19.8 Å². The van der Waals surface area contributed by atoms with Crippen LogP contribution in [0.3, 0.4) is 0 Å². The zero-order valence-electron chi connectivity index (χ0n) is 6.92. The highest BCUT2D eigenvalue weighted by Crippen LogP contribution is 1.90. The minimum Gasteiger partial charge on any atom is -0.481 e. The molecule has 4 nitrogen and oxygen atoms in total. The van der Waals surface area contributed by atoms with Crippen LogP contribution < -0.4 is 5.73 Å². The summed E-state index contributed by atoms with van der Waals surface area (Å²) in [7, 11) is 0. The average Bonchev–Trinajstić information content (AvgIpc) is 1.97. The highest BCUT2D eigenvalue weighted by atomic mass is 16.4. The summed E-state index contributed by atoms with van der Waals surface area (Å²) in [5.41, 5.74) is 5.38. The average molecular weight is 160 g/mol. The van der Waals surface area contributed by atoms with Gasteiger partial charge in [-0.25, -0.2) is 0 Å². The van der Waals surface area contributed by atoms with Gasteiger partial charge < -0.3 is 10.8 Å². The highest BCUT2D eigenvalue weighted by molar-refractivity contribution is 5.66. The number of nitrogens with two attached hydrogens (primary N) is 1. The van der Waals surface area contributed by atoms with Crippen LogP contribution in [0.2, 0.25) is 0 Å². The molecular formula is C7H16N2O2. The summed E-state index contributed by atoms with van der Waals surface area (Å²) in [6.07, 6.45) is 1.19. The van der Waals surface area contributed by atoms with Crippen molar-refractivity contribution in [1.29, 1.82) is 0 Å². The van der Waals surface area contributed by atoms with E-state index >= 15 is 0 Å². The summed E-state index contributed by atoms with van der Waals surface area (Å²) >= 11 is 0. The van der Waals surface area contributed by atoms with Crippen molar-refractivity contribution in [3.05, 3.63) is 0 Å². The van der Waals surface area contributed by atoms with E-state index in [2.05, 4.69) is 0 Å². The molecule has 0 aliphatic heterocycles. The molecular weight excluding hydrogens is 144 g/mol. The molecule has 0 saturated heterocycles. The molecule has 0 spiro atoms. The predicted molar refractivity (Wildman–Crippen MR) is 43.2 cm³/mol. The summed E-state index contributed by atoms with van der Waals surface area (Å²) in [5, 5.41) is 8.36. The predicted octanol–water partition coefficient (Wildman–Crippen LogP) is 0.0893. The molecule has 0 aliphatic rings. The second kappa shape index (κ2) is 6.12. The molecule has 0 aliphatic carbocycles. The van der Waals surface area contributed by atoms with E-state index in [0.29, 0.717) is 13.2 Å². The van der Waals surface area contributed by atoms with Gasteiger partial charge in [0.25, 0.3) is 0 Å². The van der Waals surface area contributed by atoms with Gasteiger partial charge >= 0.3 is 5.97 Å². The number of nitrogens with zero attached hydrogens (tertiary/aromatic N) is 1. The summed E-state index contributed by atoms with van der Waals surface area (Å²) in [5.74, 6) is -0.764. The first kappa shape index (κ1) is 10.4. The van der Waals surface area contributed by atoms with Crippen molar-refractivity contribution >= 4 is 5.97 Å². The van der Waals surface area contributed by atoms with E-state index in [-0.39, 0.29) is 6.42 Å². The molecule has 0 aromatic heterocycles. The Bertz CT molecular complexity index is 117. The molecule has 0 amide bonds. The first-order chi connectivity index (χ1) is 5.20. The van der Waals surface area contributed by atoms with Gasteiger partial charge in [-0.15, -0.1) is 0 Å². The quantitative estimate of drug-likeness (QED) is 0.540. The topological polar surface area (TPSA) is 66.6 Å². The summed E-state index contributed by atoms with van der Waals surface area (Å²) in [4.78, 5) is 12.1. The Labute approximate surface area is 67.0 Å². The molecule has 4 heteroatoms. The molecule has 0 bridgehead atoms. The number of hydrogen-bond donors (Lipinski definition) is 2. The number of carboxylic acids is 1. The van der Waals surface area contributed by atoms with E-state index in [4.69, 9.17) is 10.8 Å². The molecule has 66 valence electrons. The molecule has 0 saturated carbocycles. The summed E-state index contributed by atoms with van der Waals surface area (Å²) in [6.45, 7) is 3.92. The van der Waals surface area contributed by atoms with Gasteiger partial charge in [-0.3, -0.25) is 9.69 Å². The fraction of sp³-hybridized carbons (Fsp3) is 0.857. The summed E-state index contributed by atoms with van der Waals surface area (Å²) in [6, 6.07) is 0. The minimum atomic E-state index is -0.764. The third-order valence-electron chi connectivity index (χ3n) is 1.44. The lowest BCUT2D eigenvalue weighted by atomic mass is 10.3. The lowest BCUT2D eigenvalue weighted by Gasteiger charge is -2.17. The van der Waals surface area contributed by atoms with Crippen LogP contribution in [0.5, 0.6) is 0 Å². The van der Waals surface area contributed by atoms with Crippen LogP contribution in [0, 0.1) is 0 Å². The van der Waals surface area contributed by atoms with E-state index in [1.54, 1.807) is 0 Å². The zero-order chi connectivity index (χ0) is 8.69. The van der Waals surface area contributed by atoms with Crippen molar-refractivity contribution in [3.8, 4) is 0 Å². The maximum Gasteiger partial charge on any atom is 0.304 e. The van der Waals surface area contributed by atoms with Gasteiger partial charge in [0.15, 0.2) is 0 Å². The van der Waals surface area contributed by atoms with Gasteiger partial charge in [0.2, 0.25) is 0 Å². The molecule has 0 rings (SSSR count). The van der Waals surface area contributed by atoms with Crippen LogP contribution in [0.25, 0.3) is 0 Å². The lowest BCUT2D eigenvalue weighted by molar-refractivity contribution is -0.137. The van der Waals surface area contributed by atoms with Gasteiger partial charge in [-0.2, -0.15) is 0 Å². The number of carbonyl (C=O) groups is 1. The SMILES string of the molecule is CCCN(CN)CCC(=O)O. The number of aliphatic carboxylic acids is 1. The van der Waals surface area contributed by atoms with E-state index in [1.165, 1.54) is 0 Å². The highest BCUT2D eigenvalue weighted by Gasteiger charge is 2.03. The maximum absolute atomic E-state index is 10.2. The van der Waals surface area contributed by atoms with Crippen molar-refractivity contribution in [2.24, 2.45) is 5.73 Å². The second-order valence-corrected chi connectivity index (χ2v) is 2.44. The van der Waals surface area contributed by atoms with Crippen molar-refractivity contribution in [1.82, 2.24) is 4.90 Å². The van der Waals surface area contributed by atoms with Crippen molar-refractivity contribution in [2.45, 2.75) is 19.8 Å². The normalized spacial score (nSPS) is 10.5. The van der Waals surface area contributed by atoms with Crippen molar-refractivity contribution < 1.29 is 9.90 Å². The van der Waals surface area contributed by atoms with Crippen LogP contribution in [-0.2, 0) is 4.79 Å². The molecule has 0 aromatic rings. The second-order valence-electron chi connectivity index (χ2n) is 2.44. The molecule has 0 unspecified atom stereocenters. The van der Waals surface area contributed by atoms with Gasteiger partial charge in [-0.1, -0.05) is 6.92 Å². The van der Waals surface area contributed by atoms with E-state index in [1.807, 2.05) is 11.8 Å². The molecule has 0 fully saturated rings. The smallest absolute Gasteiger partial charge is 0.304 e. The standard InChI is InChI=1S/C7H16N2O2/c1-2-4-9(6-8)5-3-7(10)11/h2-6,8H2,1H3,(H,10,11). The van der Waals surface area contributed by atoms with Crippen molar-refractivity contribution in [2.75, 3.05) is 19.8 Å². The summed E-state index contributed by atoms with van der Waals surface area (Å²) < 4.78 is 0. The molecule has 0 heterocycles. The Morgan fingerprint density at radius 1 is 1.55 bits per heavy atom. The fourth-order valence-electron chi connectivity index (χ4n) is 0.864. The van der Waals surface area contributed by atoms with Crippen LogP contribution >= 0.6 is 0 Å². The third-order valence-corrected chi connectivity index (χ3v) is 1.44. The monoisotopic (exact) mass is 160 g/mol. The lowest BCUT2D eigenvalue weighted by Crippen LogP contribution is -2.32. The first-order valence-electron chi connectivity index (χ1n) is 3.85. The van der Waals surface area contributed by atoms with Crippen LogP contribution in [0.15, 0.2) is 0 Å². The van der Waals surface area contributed by atoms with Gasteiger partial charge in [0.05, 0.1) is 6.42 Å². The van der Waals surface area contributed by atoms with Crippen LogP contribution in [-0.4, -0.2) is 35.7 Å². The van der Waals surface area contributed by atoms with Gasteiger partial charge in [0, 0.05) is 13.2 Å². The molecule has 11 heavy (non-hydrogen) atoms. The van der Waals surface area contributed by atoms with Crippen LogP contribution in [0.4, 0.5) is 0 Å². The fourth-order valence-corrected chi connectivity index (χ4v) is 0.864. The Morgan fingerprint density at radius 3 is 2.55 bits per heavy atom. The Hall–Kier alpha value is -0.610. The van der Waals surface area contributed by atoms with Crippen molar-refractivity contribution in [3.63, 3.8) is 0 Å². The van der Waals surface area contributed by atoms with Gasteiger partial charge in [0.1, 0.15) is 0 Å². The largest absolute Gasteiger partial charge is 0.481 e. The van der Waals surface area contributed by atoms with E-state index < -0.39 is 5.97 Å². The first-order valence-corrected chi connectivity index (χ1v) is 3.85. The minimum absolute atomic E-state index is 0.178. The number of rotatable bonds is 6. The van der Waals surface area contributed by atoms with E-state index in [0.717, 1.165) is 13.0 Å². The maximum atomic E-state index is 10.2. The third kappa shape index (κ3) is 5.82. The molecule has 0 atom stereocenters.